The lowest BCUT2D eigenvalue weighted by atomic mass is 10.3. The van der Waals surface area contributed by atoms with Crippen LogP contribution in [0.15, 0.2) is 0 Å². The van der Waals surface area contributed by atoms with E-state index in [1.807, 2.05) is 0 Å². The molecule has 0 unspecified atom stereocenters. The zero-order chi connectivity index (χ0) is 5.56. The molecule has 3 heteroatoms. The second-order valence-corrected chi connectivity index (χ2v) is 2.83. The van der Waals surface area contributed by atoms with Crippen LogP contribution in [0.3, 0.4) is 0 Å². The highest BCUT2D eigenvalue weighted by Crippen LogP contribution is 2.47. The molecule has 2 aliphatic rings. The second-order valence-electron chi connectivity index (χ2n) is 2.83. The summed E-state index contributed by atoms with van der Waals surface area (Å²) in [6.07, 6.45) is 0. The third-order valence-electron chi connectivity index (χ3n) is 2.48. The van der Waals surface area contributed by atoms with Crippen molar-refractivity contribution in [2.45, 2.75) is 0 Å². The van der Waals surface area contributed by atoms with Crippen LogP contribution in [-0.2, 0) is 0 Å². The smallest absolute Gasteiger partial charge is 0.0465 e. The topological polar surface area (TPSA) is 32.3 Å². The SMILES string of the molecule is Cl.OC[C@@H]1[C@H]2CNC[C@@H]12. The van der Waals surface area contributed by atoms with Crippen LogP contribution < -0.4 is 5.32 Å². The average Bonchev–Trinajstić information content (AvgIpc) is 2.22. The Kier molecular flexibility index (Phi) is 1.99. The fraction of sp³-hybridized carbons (Fsp3) is 1.00. The molecule has 2 nitrogen and oxygen atoms in total. The largest absolute Gasteiger partial charge is 0.396 e. The quantitative estimate of drug-likeness (QED) is 0.544. The molecule has 0 aromatic heterocycles. The molecule has 1 aliphatic heterocycles. The van der Waals surface area contributed by atoms with Gasteiger partial charge in [-0.05, 0) is 30.8 Å². The number of halogens is 1. The fourth-order valence-corrected chi connectivity index (χ4v) is 1.82. The Labute approximate surface area is 61.0 Å². The lowest BCUT2D eigenvalue weighted by Gasteiger charge is -1.97. The van der Waals surface area contributed by atoms with Crippen LogP contribution in [0, 0.1) is 17.8 Å². The molecule has 1 aliphatic carbocycles. The van der Waals surface area contributed by atoms with Gasteiger partial charge in [-0.2, -0.15) is 0 Å². The lowest BCUT2D eigenvalue weighted by Crippen LogP contribution is -2.15. The van der Waals surface area contributed by atoms with E-state index in [2.05, 4.69) is 5.32 Å². The molecule has 0 aromatic carbocycles. The molecule has 1 saturated heterocycles. The van der Waals surface area contributed by atoms with Gasteiger partial charge in [0.15, 0.2) is 0 Å². The van der Waals surface area contributed by atoms with Crippen molar-refractivity contribution in [2.75, 3.05) is 19.7 Å². The minimum atomic E-state index is 0. The van der Waals surface area contributed by atoms with Gasteiger partial charge < -0.3 is 10.4 Å². The summed E-state index contributed by atoms with van der Waals surface area (Å²) in [5, 5.41) is 12.0. The number of aliphatic hydroxyl groups is 1. The Balaban J connectivity index is 0.000000405. The first-order valence-corrected chi connectivity index (χ1v) is 3.25. The van der Waals surface area contributed by atoms with E-state index in [4.69, 9.17) is 5.11 Å². The van der Waals surface area contributed by atoms with Crippen molar-refractivity contribution in [1.82, 2.24) is 5.32 Å². The summed E-state index contributed by atoms with van der Waals surface area (Å²) >= 11 is 0. The van der Waals surface area contributed by atoms with E-state index in [0.717, 1.165) is 24.9 Å². The van der Waals surface area contributed by atoms with Gasteiger partial charge in [0, 0.05) is 6.61 Å². The predicted octanol–water partition coefficient (Wildman–Crippen LogP) is -0.134. The molecule has 1 saturated carbocycles. The summed E-state index contributed by atoms with van der Waals surface area (Å²) < 4.78 is 0. The van der Waals surface area contributed by atoms with E-state index in [0.29, 0.717) is 12.5 Å². The van der Waals surface area contributed by atoms with Gasteiger partial charge in [0.05, 0.1) is 0 Å². The van der Waals surface area contributed by atoms with Crippen molar-refractivity contribution < 1.29 is 5.11 Å². The van der Waals surface area contributed by atoms with Gasteiger partial charge in [-0.1, -0.05) is 0 Å². The van der Waals surface area contributed by atoms with Crippen LogP contribution >= 0.6 is 12.4 Å². The second kappa shape index (κ2) is 2.45. The van der Waals surface area contributed by atoms with Crippen molar-refractivity contribution in [3.05, 3.63) is 0 Å². The van der Waals surface area contributed by atoms with Crippen LogP contribution in [0.2, 0.25) is 0 Å². The molecule has 0 aromatic rings. The van der Waals surface area contributed by atoms with Gasteiger partial charge in [0.1, 0.15) is 0 Å². The number of nitrogens with one attached hydrogen (secondary N) is 1. The highest BCUT2D eigenvalue weighted by atomic mass is 35.5. The van der Waals surface area contributed by atoms with Gasteiger partial charge in [-0.25, -0.2) is 0 Å². The average molecular weight is 150 g/mol. The van der Waals surface area contributed by atoms with Crippen molar-refractivity contribution in [1.29, 1.82) is 0 Å². The molecule has 2 rings (SSSR count). The van der Waals surface area contributed by atoms with Crippen LogP contribution in [-0.4, -0.2) is 24.8 Å². The summed E-state index contributed by atoms with van der Waals surface area (Å²) in [4.78, 5) is 0. The van der Waals surface area contributed by atoms with Gasteiger partial charge in [-0.15, -0.1) is 12.4 Å². The van der Waals surface area contributed by atoms with E-state index >= 15 is 0 Å². The molecule has 0 amide bonds. The molecule has 0 bridgehead atoms. The Morgan fingerprint density at radius 1 is 1.33 bits per heavy atom. The summed E-state index contributed by atoms with van der Waals surface area (Å²) in [6, 6.07) is 0. The van der Waals surface area contributed by atoms with Crippen molar-refractivity contribution in [3.63, 3.8) is 0 Å². The number of aliphatic hydroxyl groups excluding tert-OH is 1. The minimum Gasteiger partial charge on any atom is -0.396 e. The first-order chi connectivity index (χ1) is 3.93. The molecule has 1 heterocycles. The van der Waals surface area contributed by atoms with E-state index < -0.39 is 0 Å². The van der Waals surface area contributed by atoms with Crippen LogP contribution in [0.4, 0.5) is 0 Å². The standard InChI is InChI=1S/C6H11NO.ClH/c8-3-6-4-1-7-2-5(4)6;/h4-8H,1-3H2;1H/t4-,5+,6+;. The van der Waals surface area contributed by atoms with E-state index in [1.54, 1.807) is 0 Å². The summed E-state index contributed by atoms with van der Waals surface area (Å²) in [7, 11) is 0. The fourth-order valence-electron chi connectivity index (χ4n) is 1.82. The zero-order valence-electron chi connectivity index (χ0n) is 5.21. The third kappa shape index (κ3) is 0.955. The third-order valence-corrected chi connectivity index (χ3v) is 2.48. The maximum Gasteiger partial charge on any atom is 0.0465 e. The highest BCUT2D eigenvalue weighted by Gasteiger charge is 2.51. The maximum absolute atomic E-state index is 8.68. The van der Waals surface area contributed by atoms with Crippen molar-refractivity contribution in [3.8, 4) is 0 Å². The summed E-state index contributed by atoms with van der Waals surface area (Å²) in [6.45, 7) is 2.71. The van der Waals surface area contributed by atoms with E-state index in [9.17, 15) is 0 Å². The molecule has 54 valence electrons. The van der Waals surface area contributed by atoms with Gasteiger partial charge in [-0.3, -0.25) is 0 Å². The number of hydrogen-bond donors (Lipinski definition) is 2. The van der Waals surface area contributed by atoms with Crippen LogP contribution in [0.1, 0.15) is 0 Å². The Morgan fingerprint density at radius 3 is 2.22 bits per heavy atom. The van der Waals surface area contributed by atoms with E-state index in [1.165, 1.54) is 0 Å². The lowest BCUT2D eigenvalue weighted by molar-refractivity contribution is 0.258. The van der Waals surface area contributed by atoms with Crippen molar-refractivity contribution >= 4 is 12.4 Å². The Bertz CT molecular complexity index is 92.5. The van der Waals surface area contributed by atoms with Gasteiger partial charge in [0.25, 0.3) is 0 Å². The number of fused-ring (bicyclic) bond motifs is 1. The molecule has 0 spiro atoms. The number of piperidine rings is 1. The highest BCUT2D eigenvalue weighted by molar-refractivity contribution is 5.85. The molecule has 2 fully saturated rings. The molecule has 2 N–H and O–H groups in total. The van der Waals surface area contributed by atoms with Gasteiger partial charge in [0.2, 0.25) is 0 Å². The monoisotopic (exact) mass is 149 g/mol. The molecular formula is C6H12ClNO. The van der Waals surface area contributed by atoms with Gasteiger partial charge >= 0.3 is 0 Å². The van der Waals surface area contributed by atoms with Crippen LogP contribution in [0.25, 0.3) is 0 Å². The maximum atomic E-state index is 8.68. The summed E-state index contributed by atoms with van der Waals surface area (Å²) in [5.74, 6) is 2.33. The predicted molar refractivity (Wildman–Crippen MR) is 37.7 cm³/mol. The first-order valence-electron chi connectivity index (χ1n) is 3.25. The molecule has 0 radical (unpaired) electrons. The molecule has 9 heavy (non-hydrogen) atoms. The van der Waals surface area contributed by atoms with E-state index in [-0.39, 0.29) is 12.4 Å². The number of hydrogen-bond acceptors (Lipinski definition) is 2. The van der Waals surface area contributed by atoms with Crippen LogP contribution in [0.5, 0.6) is 0 Å². The molecule has 3 atom stereocenters. The Morgan fingerprint density at radius 2 is 1.89 bits per heavy atom. The van der Waals surface area contributed by atoms with Crippen molar-refractivity contribution in [2.24, 2.45) is 17.8 Å². The summed E-state index contributed by atoms with van der Waals surface area (Å²) in [5.41, 5.74) is 0. The minimum absolute atomic E-state index is 0. The number of rotatable bonds is 1. The zero-order valence-corrected chi connectivity index (χ0v) is 6.03. The molecular weight excluding hydrogens is 138 g/mol. The normalized spacial score (nSPS) is 45.7. The first kappa shape index (κ1) is 7.32. The Hall–Kier alpha value is 0.210.